The van der Waals surface area contributed by atoms with E-state index < -0.39 is 11.5 Å². The lowest BCUT2D eigenvalue weighted by Gasteiger charge is -2.22. The van der Waals surface area contributed by atoms with Crippen LogP contribution in [0.15, 0.2) is 42.5 Å². The van der Waals surface area contributed by atoms with Crippen molar-refractivity contribution in [3.05, 3.63) is 58.6 Å². The Balaban J connectivity index is 1.74. The molecule has 1 aliphatic heterocycles. The largest absolute Gasteiger partial charge is 0.492 e. The van der Waals surface area contributed by atoms with Gasteiger partial charge in [-0.2, -0.15) is 0 Å². The first-order valence-corrected chi connectivity index (χ1v) is 9.97. The van der Waals surface area contributed by atoms with Crippen LogP contribution >= 0.6 is 11.6 Å². The molecule has 0 fully saturated rings. The fourth-order valence-electron chi connectivity index (χ4n) is 3.58. The molecular weight excluding hydrogens is 390 g/mol. The number of fused-ring (bicyclic) bond motifs is 1. The molecule has 1 unspecified atom stereocenters. The smallest absolute Gasteiger partial charge is 0.264 e. The lowest BCUT2D eigenvalue weighted by atomic mass is 9.87. The Hall–Kier alpha value is -2.37. The first kappa shape index (κ1) is 21.3. The fourth-order valence-corrected chi connectivity index (χ4v) is 3.75. The van der Waals surface area contributed by atoms with Crippen LogP contribution in [0.1, 0.15) is 45.2 Å². The molecule has 154 valence electrons. The molecule has 0 bridgehead atoms. The van der Waals surface area contributed by atoms with Gasteiger partial charge in [-0.25, -0.2) is 0 Å². The Labute approximate surface area is 176 Å². The van der Waals surface area contributed by atoms with Crippen LogP contribution in [-0.4, -0.2) is 29.9 Å². The standard InChI is InChI=1S/C23H26ClNO4/c1-15(26)14-23(28)19-13-17(24)7-10-20(19)25(21(23)27)11-12-29-18-8-5-16(6-9-18)22(2,3)4/h5-10,13,28H,11-12,14H2,1-4H3. The number of halogens is 1. The average molecular weight is 416 g/mol. The van der Waals surface area contributed by atoms with Gasteiger partial charge in [0.25, 0.3) is 5.91 Å². The fraction of sp³-hybridized carbons (Fsp3) is 0.391. The van der Waals surface area contributed by atoms with E-state index in [1.165, 1.54) is 17.4 Å². The summed E-state index contributed by atoms with van der Waals surface area (Å²) in [6.07, 6.45) is -0.287. The summed E-state index contributed by atoms with van der Waals surface area (Å²) in [6.45, 7) is 8.28. The van der Waals surface area contributed by atoms with Crippen LogP contribution in [0, 0.1) is 0 Å². The molecule has 3 rings (SSSR count). The molecule has 0 radical (unpaired) electrons. The lowest BCUT2D eigenvalue weighted by Crippen LogP contribution is -2.43. The van der Waals surface area contributed by atoms with E-state index in [2.05, 4.69) is 20.8 Å². The number of nitrogens with zero attached hydrogens (tertiary/aromatic N) is 1. The number of benzene rings is 2. The third-order valence-corrected chi connectivity index (χ3v) is 5.34. The van der Waals surface area contributed by atoms with Crippen molar-refractivity contribution in [3.63, 3.8) is 0 Å². The topological polar surface area (TPSA) is 66.8 Å². The molecule has 0 spiro atoms. The van der Waals surface area contributed by atoms with E-state index in [-0.39, 0.29) is 30.8 Å². The zero-order valence-corrected chi connectivity index (χ0v) is 17.9. The quantitative estimate of drug-likeness (QED) is 0.766. The maximum absolute atomic E-state index is 13.0. The zero-order chi connectivity index (χ0) is 21.4. The third kappa shape index (κ3) is 4.31. The van der Waals surface area contributed by atoms with Crippen molar-refractivity contribution < 1.29 is 19.4 Å². The van der Waals surface area contributed by atoms with Crippen LogP contribution in [0.4, 0.5) is 5.69 Å². The number of anilines is 1. The third-order valence-electron chi connectivity index (χ3n) is 5.10. The SMILES string of the molecule is CC(=O)CC1(O)C(=O)N(CCOc2ccc(C(C)(C)C)cc2)c2ccc(Cl)cc21. The summed E-state index contributed by atoms with van der Waals surface area (Å²) < 4.78 is 5.80. The summed E-state index contributed by atoms with van der Waals surface area (Å²) in [6, 6.07) is 12.8. The van der Waals surface area contributed by atoms with E-state index in [0.717, 1.165) is 0 Å². The van der Waals surface area contributed by atoms with Gasteiger partial charge < -0.3 is 14.7 Å². The summed E-state index contributed by atoms with van der Waals surface area (Å²) in [7, 11) is 0. The van der Waals surface area contributed by atoms with Crippen LogP contribution in [0.3, 0.4) is 0 Å². The molecule has 29 heavy (non-hydrogen) atoms. The van der Waals surface area contributed by atoms with Gasteiger partial charge in [-0.05, 0) is 48.2 Å². The van der Waals surface area contributed by atoms with E-state index in [9.17, 15) is 14.7 Å². The molecular formula is C23H26ClNO4. The van der Waals surface area contributed by atoms with E-state index >= 15 is 0 Å². The minimum atomic E-state index is -1.89. The van der Waals surface area contributed by atoms with Gasteiger partial charge >= 0.3 is 0 Å². The Morgan fingerprint density at radius 1 is 1.17 bits per heavy atom. The summed E-state index contributed by atoms with van der Waals surface area (Å²) in [4.78, 5) is 26.1. The minimum absolute atomic E-state index is 0.0622. The zero-order valence-electron chi connectivity index (χ0n) is 17.2. The second-order valence-corrected chi connectivity index (χ2v) is 8.92. The molecule has 0 aromatic heterocycles. The van der Waals surface area contributed by atoms with Gasteiger partial charge in [-0.15, -0.1) is 0 Å². The number of Topliss-reactive ketones (excluding diaryl/α,β-unsaturated/α-hetero) is 1. The van der Waals surface area contributed by atoms with E-state index in [1.807, 2.05) is 24.3 Å². The second kappa shape index (κ2) is 7.81. The molecule has 0 saturated heterocycles. The van der Waals surface area contributed by atoms with E-state index in [0.29, 0.717) is 22.0 Å². The molecule has 0 saturated carbocycles. The highest BCUT2D eigenvalue weighted by Gasteiger charge is 2.50. The number of ether oxygens (including phenoxy) is 1. The monoisotopic (exact) mass is 415 g/mol. The maximum atomic E-state index is 13.0. The summed E-state index contributed by atoms with van der Waals surface area (Å²) in [5.41, 5.74) is 0.293. The molecule has 5 nitrogen and oxygen atoms in total. The molecule has 1 aliphatic rings. The van der Waals surface area contributed by atoms with Gasteiger partial charge in [-0.3, -0.25) is 9.59 Å². The lowest BCUT2D eigenvalue weighted by molar-refractivity contribution is -0.141. The highest BCUT2D eigenvalue weighted by Crippen LogP contribution is 2.43. The molecule has 1 atom stereocenters. The van der Waals surface area contributed by atoms with E-state index in [4.69, 9.17) is 16.3 Å². The number of hydrogen-bond donors (Lipinski definition) is 1. The number of ketones is 1. The van der Waals surface area contributed by atoms with Gasteiger partial charge in [0, 0.05) is 17.0 Å². The van der Waals surface area contributed by atoms with Gasteiger partial charge in [0.1, 0.15) is 18.1 Å². The molecule has 1 N–H and O–H groups in total. The molecule has 2 aromatic carbocycles. The van der Waals surface area contributed by atoms with Crippen molar-refractivity contribution in [3.8, 4) is 5.75 Å². The van der Waals surface area contributed by atoms with Gasteiger partial charge in [0.05, 0.1) is 12.2 Å². The summed E-state index contributed by atoms with van der Waals surface area (Å²) in [5.74, 6) is -0.0968. The second-order valence-electron chi connectivity index (χ2n) is 8.48. The van der Waals surface area contributed by atoms with Crippen LogP contribution < -0.4 is 9.64 Å². The average Bonchev–Trinajstić information content (AvgIpc) is 2.82. The first-order chi connectivity index (χ1) is 13.5. The number of rotatable bonds is 6. The number of amides is 1. The van der Waals surface area contributed by atoms with E-state index in [1.54, 1.807) is 18.2 Å². The van der Waals surface area contributed by atoms with Crippen LogP contribution in [0.5, 0.6) is 5.75 Å². The maximum Gasteiger partial charge on any atom is 0.264 e. The number of hydrogen-bond acceptors (Lipinski definition) is 4. The van der Waals surface area contributed by atoms with Gasteiger partial charge in [0.2, 0.25) is 0 Å². The van der Waals surface area contributed by atoms with Crippen molar-refractivity contribution in [1.82, 2.24) is 0 Å². The molecule has 0 aliphatic carbocycles. The van der Waals surface area contributed by atoms with Crippen molar-refractivity contribution >= 4 is 29.0 Å². The Kier molecular flexibility index (Phi) is 5.74. The number of carbonyl (C=O) groups excluding carboxylic acids is 2. The Morgan fingerprint density at radius 3 is 2.41 bits per heavy atom. The van der Waals surface area contributed by atoms with Gasteiger partial charge in [-0.1, -0.05) is 44.5 Å². The number of carbonyl (C=O) groups is 2. The van der Waals surface area contributed by atoms with Crippen molar-refractivity contribution in [2.75, 3.05) is 18.1 Å². The molecule has 1 amide bonds. The van der Waals surface area contributed by atoms with Crippen LogP contribution in [0.25, 0.3) is 0 Å². The van der Waals surface area contributed by atoms with Gasteiger partial charge in [0.15, 0.2) is 5.60 Å². The molecule has 2 aromatic rings. The van der Waals surface area contributed by atoms with Crippen molar-refractivity contribution in [2.45, 2.75) is 45.1 Å². The van der Waals surface area contributed by atoms with Crippen molar-refractivity contribution in [2.24, 2.45) is 0 Å². The van der Waals surface area contributed by atoms with Crippen molar-refractivity contribution in [1.29, 1.82) is 0 Å². The predicted octanol–water partition coefficient (Wildman–Crippen LogP) is 4.23. The Bertz CT molecular complexity index is 933. The van der Waals surface area contributed by atoms with Crippen LogP contribution in [0.2, 0.25) is 5.02 Å². The highest BCUT2D eigenvalue weighted by molar-refractivity contribution is 6.31. The summed E-state index contributed by atoms with van der Waals surface area (Å²) in [5, 5.41) is 11.4. The first-order valence-electron chi connectivity index (χ1n) is 9.59. The molecule has 6 heteroatoms. The predicted molar refractivity (Wildman–Crippen MR) is 114 cm³/mol. The summed E-state index contributed by atoms with van der Waals surface area (Å²) >= 11 is 6.06. The van der Waals surface area contributed by atoms with Crippen LogP contribution in [-0.2, 0) is 20.6 Å². The normalized spacial score (nSPS) is 18.7. The highest BCUT2D eigenvalue weighted by atomic mass is 35.5. The Morgan fingerprint density at radius 2 is 1.83 bits per heavy atom. The molecule has 1 heterocycles. The number of aliphatic hydroxyl groups is 1. The minimum Gasteiger partial charge on any atom is -0.492 e.